The van der Waals surface area contributed by atoms with Crippen molar-refractivity contribution in [2.24, 2.45) is 11.8 Å². The van der Waals surface area contributed by atoms with Crippen molar-refractivity contribution in [3.05, 3.63) is 0 Å². The van der Waals surface area contributed by atoms with Crippen molar-refractivity contribution in [3.63, 3.8) is 0 Å². The predicted octanol–water partition coefficient (Wildman–Crippen LogP) is 2.66. The Labute approximate surface area is 91.4 Å². The van der Waals surface area contributed by atoms with E-state index in [4.69, 9.17) is 10.00 Å². The molecule has 0 bridgehead atoms. The number of esters is 1. The number of carbonyl (C=O) groups is 1. The Bertz CT molecular complexity index is 272. The first-order valence-corrected chi connectivity index (χ1v) is 5.56. The molecule has 1 aliphatic carbocycles. The molecule has 0 amide bonds. The van der Waals surface area contributed by atoms with Crippen LogP contribution in [0.5, 0.6) is 0 Å². The molecule has 0 heterocycles. The highest BCUT2D eigenvalue weighted by Gasteiger charge is 2.33. The number of hydrogen-bond donors (Lipinski definition) is 0. The second-order valence-electron chi connectivity index (χ2n) is 5.16. The van der Waals surface area contributed by atoms with Gasteiger partial charge in [-0.3, -0.25) is 4.79 Å². The van der Waals surface area contributed by atoms with Gasteiger partial charge in [0, 0.05) is 0 Å². The fourth-order valence-electron chi connectivity index (χ4n) is 1.94. The quantitative estimate of drug-likeness (QED) is 0.624. The van der Waals surface area contributed by atoms with Crippen LogP contribution in [0.2, 0.25) is 0 Å². The van der Waals surface area contributed by atoms with E-state index in [0.717, 1.165) is 25.7 Å². The fraction of sp³-hybridized carbons (Fsp3) is 0.833. The average Bonchev–Trinajstić information content (AvgIpc) is 2.15. The van der Waals surface area contributed by atoms with E-state index in [1.807, 2.05) is 20.8 Å². The summed E-state index contributed by atoms with van der Waals surface area (Å²) in [5, 5.41) is 8.95. The Morgan fingerprint density at radius 2 is 1.93 bits per heavy atom. The normalized spacial score (nSPS) is 26.8. The molecule has 0 aromatic carbocycles. The molecular weight excluding hydrogens is 190 g/mol. The molecule has 3 heteroatoms. The van der Waals surface area contributed by atoms with E-state index in [1.54, 1.807) is 0 Å². The number of carbonyl (C=O) groups excluding carboxylic acids is 1. The average molecular weight is 209 g/mol. The van der Waals surface area contributed by atoms with E-state index in [9.17, 15) is 4.79 Å². The number of ether oxygens (including phenoxy) is 1. The number of hydrogen-bond acceptors (Lipinski definition) is 3. The van der Waals surface area contributed by atoms with Gasteiger partial charge < -0.3 is 4.74 Å². The van der Waals surface area contributed by atoms with Gasteiger partial charge in [0.25, 0.3) is 0 Å². The van der Waals surface area contributed by atoms with Crippen LogP contribution in [0, 0.1) is 23.2 Å². The Balaban J connectivity index is 2.61. The van der Waals surface area contributed by atoms with Crippen LogP contribution in [0.1, 0.15) is 46.5 Å². The van der Waals surface area contributed by atoms with Gasteiger partial charge in [0.05, 0.1) is 17.9 Å². The lowest BCUT2D eigenvalue weighted by Crippen LogP contribution is -2.33. The highest BCUT2D eigenvalue weighted by molar-refractivity contribution is 5.73. The highest BCUT2D eigenvalue weighted by Crippen LogP contribution is 2.31. The Morgan fingerprint density at radius 3 is 2.47 bits per heavy atom. The lowest BCUT2D eigenvalue weighted by Gasteiger charge is -2.28. The molecule has 1 saturated carbocycles. The summed E-state index contributed by atoms with van der Waals surface area (Å²) >= 11 is 0. The molecule has 2 atom stereocenters. The molecule has 1 aliphatic rings. The summed E-state index contributed by atoms with van der Waals surface area (Å²) in [5.41, 5.74) is -0.450. The van der Waals surface area contributed by atoms with Crippen molar-refractivity contribution in [1.29, 1.82) is 5.26 Å². The molecule has 0 saturated heterocycles. The summed E-state index contributed by atoms with van der Waals surface area (Å²) in [4.78, 5) is 11.8. The first-order chi connectivity index (χ1) is 6.94. The molecule has 0 aliphatic heterocycles. The Kier molecular flexibility index (Phi) is 3.73. The lowest BCUT2D eigenvalue weighted by atomic mass is 9.80. The van der Waals surface area contributed by atoms with Gasteiger partial charge in [0.2, 0.25) is 0 Å². The molecule has 84 valence electrons. The van der Waals surface area contributed by atoms with Crippen LogP contribution in [0.25, 0.3) is 0 Å². The molecule has 0 aromatic heterocycles. The molecule has 15 heavy (non-hydrogen) atoms. The summed E-state index contributed by atoms with van der Waals surface area (Å²) in [7, 11) is 0. The van der Waals surface area contributed by atoms with Crippen molar-refractivity contribution >= 4 is 5.97 Å². The third-order valence-electron chi connectivity index (χ3n) is 2.64. The van der Waals surface area contributed by atoms with Gasteiger partial charge in [0.1, 0.15) is 5.60 Å². The summed E-state index contributed by atoms with van der Waals surface area (Å²) in [6.45, 7) is 5.57. The Hall–Kier alpha value is -1.04. The van der Waals surface area contributed by atoms with Crippen LogP contribution >= 0.6 is 0 Å². The molecule has 3 nitrogen and oxygen atoms in total. The molecule has 0 aromatic rings. The summed E-state index contributed by atoms with van der Waals surface area (Å²) < 4.78 is 5.32. The summed E-state index contributed by atoms with van der Waals surface area (Å²) in [6.07, 6.45) is 3.72. The SMILES string of the molecule is CC(C)(C)OC(=O)[C@@H]1CCCC[C@@H]1C#N. The van der Waals surface area contributed by atoms with Crippen LogP contribution in [0.4, 0.5) is 0 Å². The minimum absolute atomic E-state index is 0.145. The molecule has 1 fully saturated rings. The molecular formula is C12H19NO2. The van der Waals surface area contributed by atoms with Crippen LogP contribution in [-0.4, -0.2) is 11.6 Å². The number of nitrogens with zero attached hydrogens (tertiary/aromatic N) is 1. The third-order valence-corrected chi connectivity index (χ3v) is 2.64. The molecule has 1 rings (SSSR count). The predicted molar refractivity (Wildman–Crippen MR) is 56.9 cm³/mol. The zero-order chi connectivity index (χ0) is 11.5. The first-order valence-electron chi connectivity index (χ1n) is 5.56. The highest BCUT2D eigenvalue weighted by atomic mass is 16.6. The van der Waals surface area contributed by atoms with E-state index in [-0.39, 0.29) is 17.8 Å². The van der Waals surface area contributed by atoms with Gasteiger partial charge in [-0.1, -0.05) is 12.8 Å². The maximum atomic E-state index is 11.8. The molecule has 0 unspecified atom stereocenters. The molecule has 0 spiro atoms. The fourth-order valence-corrected chi connectivity index (χ4v) is 1.94. The maximum Gasteiger partial charge on any atom is 0.310 e. The van der Waals surface area contributed by atoms with Crippen LogP contribution in [0.15, 0.2) is 0 Å². The van der Waals surface area contributed by atoms with E-state index >= 15 is 0 Å². The second kappa shape index (κ2) is 4.65. The molecule has 0 radical (unpaired) electrons. The summed E-state index contributed by atoms with van der Waals surface area (Å²) in [6, 6.07) is 2.22. The minimum Gasteiger partial charge on any atom is -0.460 e. The maximum absolute atomic E-state index is 11.8. The van der Waals surface area contributed by atoms with Crippen molar-refractivity contribution in [2.75, 3.05) is 0 Å². The van der Waals surface area contributed by atoms with Gasteiger partial charge in [-0.15, -0.1) is 0 Å². The van der Waals surface area contributed by atoms with Gasteiger partial charge in [-0.05, 0) is 33.6 Å². The van der Waals surface area contributed by atoms with Gasteiger partial charge in [0.15, 0.2) is 0 Å². The van der Waals surface area contributed by atoms with Crippen LogP contribution < -0.4 is 0 Å². The van der Waals surface area contributed by atoms with E-state index in [0.29, 0.717) is 0 Å². The number of rotatable bonds is 1. The van der Waals surface area contributed by atoms with Gasteiger partial charge in [-0.2, -0.15) is 5.26 Å². The van der Waals surface area contributed by atoms with Crippen LogP contribution in [0.3, 0.4) is 0 Å². The number of nitriles is 1. The minimum atomic E-state index is -0.450. The van der Waals surface area contributed by atoms with E-state index < -0.39 is 5.60 Å². The van der Waals surface area contributed by atoms with Crippen molar-refractivity contribution in [2.45, 2.75) is 52.1 Å². The van der Waals surface area contributed by atoms with Gasteiger partial charge >= 0.3 is 5.97 Å². The van der Waals surface area contributed by atoms with E-state index in [2.05, 4.69) is 6.07 Å². The topological polar surface area (TPSA) is 50.1 Å². The standard InChI is InChI=1S/C12H19NO2/c1-12(2,3)15-11(14)10-7-5-4-6-9(10)8-13/h9-10H,4-7H2,1-3H3/t9-,10-/m1/s1. The monoisotopic (exact) mass is 209 g/mol. The lowest BCUT2D eigenvalue weighted by molar-refractivity contribution is -0.162. The second-order valence-corrected chi connectivity index (χ2v) is 5.16. The van der Waals surface area contributed by atoms with Crippen molar-refractivity contribution in [1.82, 2.24) is 0 Å². The van der Waals surface area contributed by atoms with Crippen LogP contribution in [-0.2, 0) is 9.53 Å². The smallest absolute Gasteiger partial charge is 0.310 e. The van der Waals surface area contributed by atoms with Crippen molar-refractivity contribution in [3.8, 4) is 6.07 Å². The summed E-state index contributed by atoms with van der Waals surface area (Å²) in [5.74, 6) is -0.551. The van der Waals surface area contributed by atoms with E-state index in [1.165, 1.54) is 0 Å². The third kappa shape index (κ3) is 3.54. The largest absolute Gasteiger partial charge is 0.460 e. The van der Waals surface area contributed by atoms with Crippen molar-refractivity contribution < 1.29 is 9.53 Å². The zero-order valence-electron chi connectivity index (χ0n) is 9.75. The first kappa shape index (κ1) is 12.0. The zero-order valence-corrected chi connectivity index (χ0v) is 9.75. The molecule has 0 N–H and O–H groups in total. The van der Waals surface area contributed by atoms with Gasteiger partial charge in [-0.25, -0.2) is 0 Å². The Morgan fingerprint density at radius 1 is 1.33 bits per heavy atom.